The second-order valence-corrected chi connectivity index (χ2v) is 5.79. The summed E-state index contributed by atoms with van der Waals surface area (Å²) in [6.07, 6.45) is 4.26. The van der Waals surface area contributed by atoms with Crippen LogP contribution in [-0.4, -0.2) is 16.9 Å². The molecule has 0 atom stereocenters. The minimum atomic E-state index is -0.832. The first-order valence-electron chi connectivity index (χ1n) is 7.02. The molecule has 112 valence electrons. The average Bonchev–Trinajstić information content (AvgIpc) is 3.26. The largest absolute Gasteiger partial charge is 0.392 e. The predicted octanol–water partition coefficient (Wildman–Crippen LogP) is 2.23. The lowest BCUT2D eigenvalue weighted by Crippen LogP contribution is -2.38. The van der Waals surface area contributed by atoms with Crippen LogP contribution in [-0.2, 0) is 0 Å². The Bertz CT molecular complexity index is 600. The summed E-state index contributed by atoms with van der Waals surface area (Å²) in [4.78, 5) is 22.4. The molecule has 0 unspecified atom stereocenters. The van der Waals surface area contributed by atoms with Gasteiger partial charge in [-0.05, 0) is 43.6 Å². The molecular weight excluding hydrogens is 277 g/mol. The third-order valence-electron chi connectivity index (χ3n) is 4.15. The fraction of sp³-hybridized carbons (Fsp3) is 0.500. The summed E-state index contributed by atoms with van der Waals surface area (Å²) in [5, 5.41) is 13.7. The number of anilines is 1. The van der Waals surface area contributed by atoms with Crippen LogP contribution in [0.25, 0.3) is 0 Å². The maximum Gasteiger partial charge on any atom is 0.293 e. The summed E-state index contributed by atoms with van der Waals surface area (Å²) in [6.45, 7) is 0. The first-order chi connectivity index (χ1) is 9.99. The molecule has 6 nitrogen and oxygen atoms in total. The molecule has 0 aliphatic heterocycles. The van der Waals surface area contributed by atoms with Crippen LogP contribution in [0.1, 0.15) is 36.0 Å². The highest BCUT2D eigenvalue weighted by Gasteiger charge is 2.42. The smallest absolute Gasteiger partial charge is 0.293 e. The van der Waals surface area contributed by atoms with Crippen molar-refractivity contribution in [1.82, 2.24) is 5.32 Å². The molecular formula is C14H16FN3O3. The Hall–Kier alpha value is -2.18. The lowest BCUT2D eigenvalue weighted by molar-refractivity contribution is -0.384. The summed E-state index contributed by atoms with van der Waals surface area (Å²) in [6, 6.07) is 1.92. The quantitative estimate of drug-likeness (QED) is 0.494. The molecule has 2 aliphatic carbocycles. The minimum Gasteiger partial charge on any atom is -0.392 e. The number of carbonyl (C=O) groups is 1. The molecule has 3 rings (SSSR count). The number of hydrogen-bond acceptors (Lipinski definition) is 4. The highest BCUT2D eigenvalue weighted by molar-refractivity contribution is 6.01. The first kappa shape index (κ1) is 13.8. The number of nitrogens with one attached hydrogen (secondary N) is 1. The molecule has 7 heteroatoms. The van der Waals surface area contributed by atoms with Crippen LogP contribution >= 0.6 is 0 Å². The molecule has 0 bridgehead atoms. The van der Waals surface area contributed by atoms with Gasteiger partial charge in [0.25, 0.3) is 11.6 Å². The van der Waals surface area contributed by atoms with Crippen LogP contribution in [0, 0.1) is 27.8 Å². The molecule has 1 amide bonds. The molecule has 2 saturated carbocycles. The number of nitro groups is 1. The Morgan fingerprint density at radius 3 is 2.38 bits per heavy atom. The second kappa shape index (κ2) is 4.98. The van der Waals surface area contributed by atoms with Gasteiger partial charge in [0.05, 0.1) is 4.92 Å². The van der Waals surface area contributed by atoms with Gasteiger partial charge in [-0.25, -0.2) is 4.39 Å². The van der Waals surface area contributed by atoms with Crippen LogP contribution in [0.4, 0.5) is 15.8 Å². The predicted molar refractivity (Wildman–Crippen MR) is 74.2 cm³/mol. The van der Waals surface area contributed by atoms with Crippen LogP contribution in [0.15, 0.2) is 12.1 Å². The lowest BCUT2D eigenvalue weighted by Gasteiger charge is -2.18. The number of rotatable bonds is 5. The SMILES string of the molecule is Nc1c([N+](=O)[O-])ccc(F)c1C(=O)NC(C1CC1)C1CC1. The van der Waals surface area contributed by atoms with Crippen molar-refractivity contribution >= 4 is 17.3 Å². The van der Waals surface area contributed by atoms with Gasteiger partial charge in [0.15, 0.2) is 0 Å². The second-order valence-electron chi connectivity index (χ2n) is 5.79. The normalized spacial score (nSPS) is 17.8. The zero-order valence-electron chi connectivity index (χ0n) is 11.3. The Morgan fingerprint density at radius 1 is 1.33 bits per heavy atom. The zero-order valence-corrected chi connectivity index (χ0v) is 11.3. The number of amides is 1. The lowest BCUT2D eigenvalue weighted by atomic mass is 10.1. The van der Waals surface area contributed by atoms with E-state index >= 15 is 0 Å². The van der Waals surface area contributed by atoms with E-state index in [4.69, 9.17) is 5.73 Å². The van der Waals surface area contributed by atoms with E-state index in [1.165, 1.54) is 0 Å². The summed E-state index contributed by atoms with van der Waals surface area (Å²) in [7, 11) is 0. The van der Waals surface area contributed by atoms with Crippen molar-refractivity contribution in [2.24, 2.45) is 11.8 Å². The summed E-state index contributed by atoms with van der Waals surface area (Å²) < 4.78 is 13.9. The Balaban J connectivity index is 1.86. The molecule has 1 aromatic rings. The molecule has 21 heavy (non-hydrogen) atoms. The first-order valence-corrected chi connectivity index (χ1v) is 7.02. The Kier molecular flexibility index (Phi) is 3.27. The fourth-order valence-electron chi connectivity index (χ4n) is 2.73. The molecule has 3 N–H and O–H groups in total. The van der Waals surface area contributed by atoms with E-state index in [9.17, 15) is 19.3 Å². The van der Waals surface area contributed by atoms with Crippen LogP contribution in [0.5, 0.6) is 0 Å². The van der Waals surface area contributed by atoms with Crippen molar-refractivity contribution in [3.8, 4) is 0 Å². The monoisotopic (exact) mass is 293 g/mol. The van der Waals surface area contributed by atoms with E-state index in [-0.39, 0.29) is 6.04 Å². The number of benzene rings is 1. The van der Waals surface area contributed by atoms with Crippen LogP contribution < -0.4 is 11.1 Å². The van der Waals surface area contributed by atoms with Gasteiger partial charge in [-0.1, -0.05) is 0 Å². The van der Waals surface area contributed by atoms with Crippen LogP contribution in [0.2, 0.25) is 0 Å². The number of hydrogen-bond donors (Lipinski definition) is 2. The molecule has 2 aliphatic rings. The van der Waals surface area contributed by atoms with Crippen molar-refractivity contribution in [3.05, 3.63) is 33.6 Å². The van der Waals surface area contributed by atoms with Crippen molar-refractivity contribution in [3.63, 3.8) is 0 Å². The van der Waals surface area contributed by atoms with Gasteiger partial charge < -0.3 is 11.1 Å². The highest BCUT2D eigenvalue weighted by Crippen LogP contribution is 2.44. The molecule has 0 radical (unpaired) electrons. The van der Waals surface area contributed by atoms with Crippen molar-refractivity contribution in [1.29, 1.82) is 0 Å². The number of nitro benzene ring substituents is 1. The number of nitrogen functional groups attached to an aromatic ring is 1. The molecule has 0 saturated heterocycles. The van der Waals surface area contributed by atoms with Crippen molar-refractivity contribution in [2.75, 3.05) is 5.73 Å². The average molecular weight is 293 g/mol. The Morgan fingerprint density at radius 2 is 1.90 bits per heavy atom. The molecule has 0 heterocycles. The number of nitrogens with zero attached hydrogens (tertiary/aromatic N) is 1. The Labute approximate surface area is 120 Å². The topological polar surface area (TPSA) is 98.3 Å². The van der Waals surface area contributed by atoms with E-state index in [0.29, 0.717) is 11.8 Å². The fourth-order valence-corrected chi connectivity index (χ4v) is 2.73. The van der Waals surface area contributed by atoms with Crippen molar-refractivity contribution in [2.45, 2.75) is 31.7 Å². The molecule has 1 aromatic carbocycles. The minimum absolute atomic E-state index is 0.0376. The molecule has 2 fully saturated rings. The van der Waals surface area contributed by atoms with Gasteiger partial charge in [-0.15, -0.1) is 0 Å². The summed E-state index contributed by atoms with van der Waals surface area (Å²) in [5.41, 5.74) is 4.32. The molecule has 0 spiro atoms. The maximum absolute atomic E-state index is 13.9. The van der Waals surface area contributed by atoms with E-state index < -0.39 is 33.6 Å². The number of halogens is 1. The van der Waals surface area contributed by atoms with Gasteiger partial charge in [-0.3, -0.25) is 14.9 Å². The van der Waals surface area contributed by atoms with Gasteiger partial charge in [-0.2, -0.15) is 0 Å². The maximum atomic E-state index is 13.9. The van der Waals surface area contributed by atoms with Crippen molar-refractivity contribution < 1.29 is 14.1 Å². The van der Waals surface area contributed by atoms with E-state index in [0.717, 1.165) is 37.8 Å². The summed E-state index contributed by atoms with van der Waals surface area (Å²) in [5.74, 6) is -0.590. The number of carbonyl (C=O) groups excluding carboxylic acids is 1. The standard InChI is InChI=1S/C14H16FN3O3/c15-9-5-6-10(18(20)21)12(16)11(9)14(19)17-13(7-1-2-7)8-3-4-8/h5-8,13H,1-4,16H2,(H,17,19). The molecule has 0 aromatic heterocycles. The third-order valence-corrected chi connectivity index (χ3v) is 4.15. The zero-order chi connectivity index (χ0) is 15.1. The van der Waals surface area contributed by atoms with E-state index in [2.05, 4.69) is 5.32 Å². The van der Waals surface area contributed by atoms with Gasteiger partial charge in [0.2, 0.25) is 0 Å². The van der Waals surface area contributed by atoms with E-state index in [1.807, 2.05) is 0 Å². The van der Waals surface area contributed by atoms with E-state index in [1.54, 1.807) is 0 Å². The number of nitrogens with two attached hydrogens (primary N) is 1. The van der Waals surface area contributed by atoms with Gasteiger partial charge in [0.1, 0.15) is 17.1 Å². The van der Waals surface area contributed by atoms with Gasteiger partial charge >= 0.3 is 0 Å². The highest BCUT2D eigenvalue weighted by atomic mass is 19.1. The summed E-state index contributed by atoms with van der Waals surface area (Å²) >= 11 is 0. The third kappa shape index (κ3) is 2.68. The van der Waals surface area contributed by atoms with Gasteiger partial charge in [0, 0.05) is 12.1 Å². The van der Waals surface area contributed by atoms with Crippen LogP contribution in [0.3, 0.4) is 0 Å².